The summed E-state index contributed by atoms with van der Waals surface area (Å²) in [4.78, 5) is 11.0. The average molecular weight is 327 g/mol. The van der Waals surface area contributed by atoms with Gasteiger partial charge in [-0.05, 0) is 30.3 Å². The molecule has 0 N–H and O–H groups in total. The number of fused-ring (bicyclic) bond motifs is 1. The van der Waals surface area contributed by atoms with Crippen LogP contribution in [0.3, 0.4) is 0 Å². The number of nitriles is 2. The molecular formula is C19H13N5O. The highest BCUT2D eigenvalue weighted by molar-refractivity contribution is 5.58. The van der Waals surface area contributed by atoms with Gasteiger partial charge in [0.05, 0.1) is 23.7 Å². The molecule has 0 radical (unpaired) electrons. The van der Waals surface area contributed by atoms with Crippen molar-refractivity contribution in [3.05, 3.63) is 65.2 Å². The van der Waals surface area contributed by atoms with Gasteiger partial charge in [-0.25, -0.2) is 9.97 Å². The van der Waals surface area contributed by atoms with Gasteiger partial charge in [0.1, 0.15) is 23.3 Å². The minimum absolute atomic E-state index is 0.519. The second kappa shape index (κ2) is 6.10. The van der Waals surface area contributed by atoms with Gasteiger partial charge >= 0.3 is 0 Å². The van der Waals surface area contributed by atoms with E-state index in [1.165, 1.54) is 0 Å². The molecule has 0 unspecified atom stereocenters. The van der Waals surface area contributed by atoms with Crippen molar-refractivity contribution in [3.63, 3.8) is 0 Å². The molecule has 0 spiro atoms. The fourth-order valence-electron chi connectivity index (χ4n) is 2.96. The van der Waals surface area contributed by atoms with Crippen LogP contribution in [0.1, 0.15) is 22.6 Å². The van der Waals surface area contributed by atoms with Crippen molar-refractivity contribution in [2.45, 2.75) is 13.0 Å². The number of aromatic nitrogens is 2. The fraction of sp³-hybridized carbons (Fsp3) is 0.158. The summed E-state index contributed by atoms with van der Waals surface area (Å²) in [6.07, 6.45) is 2.38. The SMILES string of the molecule is N#Cc1cccc(-c2nc3c(o2)CCN(c2ncccc2C#N)C3)c1. The highest BCUT2D eigenvalue weighted by Gasteiger charge is 2.25. The summed E-state index contributed by atoms with van der Waals surface area (Å²) in [6.45, 7) is 1.26. The van der Waals surface area contributed by atoms with E-state index in [4.69, 9.17) is 9.68 Å². The minimum atomic E-state index is 0.519. The van der Waals surface area contributed by atoms with Crippen LogP contribution in [-0.4, -0.2) is 16.5 Å². The minimum Gasteiger partial charge on any atom is -0.441 e. The monoisotopic (exact) mass is 327 g/mol. The molecule has 3 heterocycles. The van der Waals surface area contributed by atoms with Gasteiger partial charge in [-0.3, -0.25) is 0 Å². The molecular weight excluding hydrogens is 314 g/mol. The molecule has 0 bridgehead atoms. The Morgan fingerprint density at radius 2 is 2.04 bits per heavy atom. The Balaban J connectivity index is 1.66. The first-order valence-corrected chi connectivity index (χ1v) is 7.87. The second-order valence-electron chi connectivity index (χ2n) is 5.74. The Morgan fingerprint density at radius 1 is 1.12 bits per heavy atom. The van der Waals surface area contributed by atoms with Crippen LogP contribution in [0.25, 0.3) is 11.5 Å². The Kier molecular flexibility index (Phi) is 3.64. The Hall–Kier alpha value is -3.64. The molecule has 0 aliphatic carbocycles. The molecule has 0 saturated heterocycles. The van der Waals surface area contributed by atoms with Gasteiger partial charge in [-0.2, -0.15) is 10.5 Å². The van der Waals surface area contributed by atoms with E-state index in [1.54, 1.807) is 30.5 Å². The summed E-state index contributed by atoms with van der Waals surface area (Å²) in [5, 5.41) is 18.3. The molecule has 25 heavy (non-hydrogen) atoms. The van der Waals surface area contributed by atoms with Crippen molar-refractivity contribution >= 4 is 5.82 Å². The van der Waals surface area contributed by atoms with Crippen LogP contribution in [0.5, 0.6) is 0 Å². The van der Waals surface area contributed by atoms with Crippen molar-refractivity contribution in [3.8, 4) is 23.6 Å². The quantitative estimate of drug-likeness (QED) is 0.718. The molecule has 2 aromatic heterocycles. The Labute approximate surface area is 144 Å². The molecule has 6 heteroatoms. The van der Waals surface area contributed by atoms with Gasteiger partial charge in [0.2, 0.25) is 5.89 Å². The van der Waals surface area contributed by atoms with Crippen LogP contribution in [0.4, 0.5) is 5.82 Å². The first-order valence-electron chi connectivity index (χ1n) is 7.87. The lowest BCUT2D eigenvalue weighted by atomic mass is 10.1. The zero-order valence-corrected chi connectivity index (χ0v) is 13.3. The summed E-state index contributed by atoms with van der Waals surface area (Å²) in [5.41, 5.74) is 2.76. The van der Waals surface area contributed by atoms with Gasteiger partial charge in [0, 0.05) is 24.7 Å². The maximum Gasteiger partial charge on any atom is 0.226 e. The molecule has 4 rings (SSSR count). The maximum absolute atomic E-state index is 9.27. The zero-order valence-electron chi connectivity index (χ0n) is 13.3. The van der Waals surface area contributed by atoms with Crippen molar-refractivity contribution in [1.82, 2.24) is 9.97 Å². The predicted molar refractivity (Wildman–Crippen MR) is 90.4 cm³/mol. The molecule has 0 fully saturated rings. The zero-order chi connectivity index (χ0) is 17.2. The van der Waals surface area contributed by atoms with E-state index in [9.17, 15) is 5.26 Å². The van der Waals surface area contributed by atoms with E-state index < -0.39 is 0 Å². The Morgan fingerprint density at radius 3 is 2.88 bits per heavy atom. The van der Waals surface area contributed by atoms with E-state index in [2.05, 4.69) is 22.1 Å². The summed E-state index contributed by atoms with van der Waals surface area (Å²) in [5.74, 6) is 2.04. The van der Waals surface area contributed by atoms with Crippen LogP contribution in [0.2, 0.25) is 0 Å². The number of benzene rings is 1. The standard InChI is InChI=1S/C19H13N5O/c20-10-13-3-1-4-14(9-13)19-23-16-12-24(8-6-17(16)25-19)18-15(11-21)5-2-7-22-18/h1-5,7,9H,6,8,12H2. The topological polar surface area (TPSA) is 89.7 Å². The number of nitrogens with zero attached hydrogens (tertiary/aromatic N) is 5. The van der Waals surface area contributed by atoms with Crippen LogP contribution in [0, 0.1) is 22.7 Å². The molecule has 1 aliphatic heterocycles. The predicted octanol–water partition coefficient (Wildman–Crippen LogP) is 3.04. The normalized spacial score (nSPS) is 13.0. The molecule has 120 valence electrons. The Bertz CT molecular complexity index is 1020. The molecule has 0 saturated carbocycles. The van der Waals surface area contributed by atoms with Crippen LogP contribution >= 0.6 is 0 Å². The van der Waals surface area contributed by atoms with Gasteiger partial charge in [-0.15, -0.1) is 0 Å². The number of rotatable bonds is 2. The van der Waals surface area contributed by atoms with E-state index in [0.717, 1.165) is 17.0 Å². The average Bonchev–Trinajstić information content (AvgIpc) is 3.11. The van der Waals surface area contributed by atoms with Crippen LogP contribution in [-0.2, 0) is 13.0 Å². The van der Waals surface area contributed by atoms with Gasteiger partial charge < -0.3 is 9.32 Å². The molecule has 1 aliphatic rings. The lowest BCUT2D eigenvalue weighted by Crippen LogP contribution is -2.31. The molecule has 6 nitrogen and oxygen atoms in total. The highest BCUT2D eigenvalue weighted by atomic mass is 16.4. The second-order valence-corrected chi connectivity index (χ2v) is 5.74. The number of hydrogen-bond donors (Lipinski definition) is 0. The van der Waals surface area contributed by atoms with E-state index >= 15 is 0 Å². The molecule has 3 aromatic rings. The van der Waals surface area contributed by atoms with Gasteiger partial charge in [0.25, 0.3) is 0 Å². The highest BCUT2D eigenvalue weighted by Crippen LogP contribution is 2.29. The van der Waals surface area contributed by atoms with Crippen LogP contribution in [0.15, 0.2) is 47.0 Å². The summed E-state index contributed by atoms with van der Waals surface area (Å²) in [6, 6.07) is 15.0. The van der Waals surface area contributed by atoms with Crippen molar-refractivity contribution in [1.29, 1.82) is 10.5 Å². The fourth-order valence-corrected chi connectivity index (χ4v) is 2.96. The molecule has 0 atom stereocenters. The van der Waals surface area contributed by atoms with Crippen molar-refractivity contribution in [2.75, 3.05) is 11.4 Å². The third kappa shape index (κ3) is 2.71. The van der Waals surface area contributed by atoms with Crippen LogP contribution < -0.4 is 4.90 Å². The number of anilines is 1. The largest absolute Gasteiger partial charge is 0.441 e. The smallest absolute Gasteiger partial charge is 0.226 e. The first-order chi connectivity index (χ1) is 12.3. The van der Waals surface area contributed by atoms with Gasteiger partial charge in [-0.1, -0.05) is 6.07 Å². The summed E-state index contributed by atoms with van der Waals surface area (Å²) < 4.78 is 5.90. The molecule has 1 aromatic carbocycles. The van der Waals surface area contributed by atoms with Crippen molar-refractivity contribution < 1.29 is 4.42 Å². The lowest BCUT2D eigenvalue weighted by molar-refractivity contribution is 0.498. The number of oxazole rings is 1. The van der Waals surface area contributed by atoms with E-state index in [1.807, 2.05) is 17.0 Å². The third-order valence-corrected chi connectivity index (χ3v) is 4.17. The van der Waals surface area contributed by atoms with Crippen molar-refractivity contribution in [2.24, 2.45) is 0 Å². The maximum atomic E-state index is 9.27. The lowest BCUT2D eigenvalue weighted by Gasteiger charge is -2.26. The third-order valence-electron chi connectivity index (χ3n) is 4.17. The van der Waals surface area contributed by atoms with E-state index in [-0.39, 0.29) is 0 Å². The first kappa shape index (κ1) is 14.9. The molecule has 0 amide bonds. The van der Waals surface area contributed by atoms with E-state index in [0.29, 0.717) is 42.3 Å². The number of pyridine rings is 1. The summed E-state index contributed by atoms with van der Waals surface area (Å²) in [7, 11) is 0. The summed E-state index contributed by atoms with van der Waals surface area (Å²) >= 11 is 0. The van der Waals surface area contributed by atoms with Gasteiger partial charge in [0.15, 0.2) is 0 Å². The number of hydrogen-bond acceptors (Lipinski definition) is 6.